The number of rotatable bonds is 3. The minimum Gasteiger partial charge on any atom is -0.475 e. The highest BCUT2D eigenvalue weighted by atomic mass is 32.1. The standard InChI is InChI=1S/C17H19N3OS.2C2HF3O2/c21-17(15-4-8-22-12-15)20-7-3-14-10-19(11-16(14)20)9-13-1-5-18-6-2-13;2*3-2(4,5)1(6)7/h1-2,4-6,8,12,14,16H,3,7,9-11H2;2*(H,6,7). The molecule has 2 N–H and O–H groups in total. The van der Waals surface area contributed by atoms with Crippen LogP contribution in [0.15, 0.2) is 41.4 Å². The monoisotopic (exact) mass is 541 g/mol. The molecule has 0 bridgehead atoms. The minimum absolute atomic E-state index is 0.208. The summed E-state index contributed by atoms with van der Waals surface area (Å²) < 4.78 is 63.5. The fourth-order valence-electron chi connectivity index (χ4n) is 3.73. The molecule has 0 aliphatic carbocycles. The van der Waals surface area contributed by atoms with Gasteiger partial charge in [0.2, 0.25) is 0 Å². The van der Waals surface area contributed by atoms with Crippen LogP contribution in [0.25, 0.3) is 0 Å². The van der Waals surface area contributed by atoms with E-state index in [1.165, 1.54) is 5.56 Å². The van der Waals surface area contributed by atoms with Crippen LogP contribution in [-0.4, -0.2) is 80.9 Å². The lowest BCUT2D eigenvalue weighted by atomic mass is 10.1. The van der Waals surface area contributed by atoms with Gasteiger partial charge in [0.1, 0.15) is 0 Å². The maximum atomic E-state index is 12.6. The van der Waals surface area contributed by atoms with Gasteiger partial charge in [-0.2, -0.15) is 37.7 Å². The molecule has 8 nitrogen and oxygen atoms in total. The Balaban J connectivity index is 0.000000271. The maximum absolute atomic E-state index is 12.6. The fraction of sp³-hybridized carbons (Fsp3) is 0.429. The van der Waals surface area contributed by atoms with E-state index in [0.717, 1.165) is 38.2 Å². The number of amides is 1. The minimum atomic E-state index is -5.08. The molecule has 2 aromatic heterocycles. The summed E-state index contributed by atoms with van der Waals surface area (Å²) in [6.07, 6.45) is -5.34. The third-order valence-corrected chi connectivity index (χ3v) is 5.98. The summed E-state index contributed by atoms with van der Waals surface area (Å²) in [7, 11) is 0. The van der Waals surface area contributed by atoms with E-state index in [1.807, 2.05) is 29.2 Å². The van der Waals surface area contributed by atoms with Gasteiger partial charge in [0.25, 0.3) is 5.91 Å². The summed E-state index contributed by atoms with van der Waals surface area (Å²) in [5.74, 6) is -4.68. The SMILES string of the molecule is O=C(O)C(F)(F)F.O=C(O)C(F)(F)F.O=C(c1ccsc1)N1CCC2CN(Cc3ccncc3)CC21. The van der Waals surface area contributed by atoms with Crippen molar-refractivity contribution in [3.8, 4) is 0 Å². The molecule has 1 amide bonds. The molecule has 2 saturated heterocycles. The number of aromatic nitrogens is 1. The molecule has 2 aromatic rings. The topological polar surface area (TPSA) is 111 Å². The van der Waals surface area contributed by atoms with Gasteiger partial charge in [0, 0.05) is 50.0 Å². The van der Waals surface area contributed by atoms with E-state index in [-0.39, 0.29) is 5.91 Å². The van der Waals surface area contributed by atoms with Gasteiger partial charge < -0.3 is 15.1 Å². The molecular weight excluding hydrogens is 520 g/mol. The van der Waals surface area contributed by atoms with Gasteiger partial charge in [-0.05, 0) is 41.5 Å². The van der Waals surface area contributed by atoms with Crippen LogP contribution in [0.3, 0.4) is 0 Å². The Morgan fingerprint density at radius 3 is 2.00 bits per heavy atom. The highest BCUT2D eigenvalue weighted by Crippen LogP contribution is 2.33. The average molecular weight is 541 g/mol. The van der Waals surface area contributed by atoms with Gasteiger partial charge in [-0.25, -0.2) is 9.59 Å². The van der Waals surface area contributed by atoms with Crippen LogP contribution in [-0.2, 0) is 16.1 Å². The zero-order valence-electron chi connectivity index (χ0n) is 18.4. The number of carboxylic acid groups (broad SMARTS) is 2. The number of alkyl halides is 6. The van der Waals surface area contributed by atoms with Crippen LogP contribution in [0.1, 0.15) is 22.3 Å². The third-order valence-electron chi connectivity index (χ3n) is 5.29. The molecule has 0 saturated carbocycles. The van der Waals surface area contributed by atoms with Gasteiger partial charge in [-0.15, -0.1) is 0 Å². The first-order chi connectivity index (χ1) is 16.7. The quantitative estimate of drug-likeness (QED) is 0.570. The van der Waals surface area contributed by atoms with E-state index in [9.17, 15) is 31.1 Å². The molecule has 4 heterocycles. The van der Waals surface area contributed by atoms with E-state index in [2.05, 4.69) is 26.9 Å². The third kappa shape index (κ3) is 8.48. The number of fused-ring (bicyclic) bond motifs is 1. The second-order valence-corrected chi connectivity index (χ2v) is 8.56. The van der Waals surface area contributed by atoms with Gasteiger partial charge in [-0.3, -0.25) is 14.7 Å². The number of nitrogens with zero attached hydrogens (tertiary/aromatic N) is 3. The van der Waals surface area contributed by atoms with Crippen molar-refractivity contribution >= 4 is 29.2 Å². The molecule has 2 aliphatic rings. The van der Waals surface area contributed by atoms with Crippen molar-refractivity contribution < 1.29 is 50.9 Å². The predicted molar refractivity (Wildman–Crippen MR) is 114 cm³/mol. The molecule has 4 rings (SSSR count). The number of halogens is 6. The van der Waals surface area contributed by atoms with Crippen molar-refractivity contribution in [2.45, 2.75) is 31.4 Å². The highest BCUT2D eigenvalue weighted by Gasteiger charge is 2.43. The number of aliphatic carboxylic acids is 2. The lowest BCUT2D eigenvalue weighted by Crippen LogP contribution is -2.39. The number of carbonyl (C=O) groups is 3. The molecule has 2 fully saturated rings. The fourth-order valence-corrected chi connectivity index (χ4v) is 4.36. The van der Waals surface area contributed by atoms with Crippen molar-refractivity contribution in [1.29, 1.82) is 0 Å². The second-order valence-electron chi connectivity index (χ2n) is 7.78. The molecule has 2 aliphatic heterocycles. The van der Waals surface area contributed by atoms with Crippen molar-refractivity contribution in [1.82, 2.24) is 14.8 Å². The van der Waals surface area contributed by atoms with Crippen molar-refractivity contribution in [2.75, 3.05) is 19.6 Å². The smallest absolute Gasteiger partial charge is 0.475 e. The van der Waals surface area contributed by atoms with Crippen LogP contribution < -0.4 is 0 Å². The van der Waals surface area contributed by atoms with Gasteiger partial charge in [0.05, 0.1) is 5.56 Å². The average Bonchev–Trinajstić information content (AvgIpc) is 3.51. The van der Waals surface area contributed by atoms with Crippen LogP contribution in [0.2, 0.25) is 0 Å². The zero-order chi connectivity index (χ0) is 27.1. The summed E-state index contributed by atoms with van der Waals surface area (Å²) in [5, 5.41) is 18.2. The second kappa shape index (κ2) is 12.2. The molecule has 0 radical (unpaired) electrons. The van der Waals surface area contributed by atoms with Crippen LogP contribution in [0.4, 0.5) is 26.3 Å². The number of carboxylic acids is 2. The van der Waals surface area contributed by atoms with Gasteiger partial charge in [0.15, 0.2) is 0 Å². The summed E-state index contributed by atoms with van der Waals surface area (Å²) in [6, 6.07) is 6.46. The number of carbonyl (C=O) groups excluding carboxylic acids is 1. The van der Waals surface area contributed by atoms with Crippen LogP contribution in [0.5, 0.6) is 0 Å². The number of hydrogen-bond donors (Lipinski definition) is 2. The van der Waals surface area contributed by atoms with E-state index in [4.69, 9.17) is 19.8 Å². The van der Waals surface area contributed by atoms with E-state index < -0.39 is 24.3 Å². The molecule has 2 unspecified atom stereocenters. The first-order valence-corrected chi connectivity index (χ1v) is 11.2. The Bertz CT molecular complexity index is 993. The van der Waals surface area contributed by atoms with Gasteiger partial charge >= 0.3 is 24.3 Å². The van der Waals surface area contributed by atoms with E-state index in [0.29, 0.717) is 12.0 Å². The molecular formula is C21H21F6N3O5S. The van der Waals surface area contributed by atoms with Gasteiger partial charge in [-0.1, -0.05) is 0 Å². The van der Waals surface area contributed by atoms with Crippen molar-refractivity contribution in [3.05, 3.63) is 52.5 Å². The van der Waals surface area contributed by atoms with Crippen molar-refractivity contribution in [3.63, 3.8) is 0 Å². The molecule has 36 heavy (non-hydrogen) atoms. The first-order valence-electron chi connectivity index (χ1n) is 10.2. The number of likely N-dealkylation sites (tertiary alicyclic amines) is 2. The molecule has 0 aromatic carbocycles. The zero-order valence-corrected chi connectivity index (χ0v) is 19.2. The molecule has 0 spiro atoms. The Hall–Kier alpha value is -3.20. The van der Waals surface area contributed by atoms with Crippen LogP contribution >= 0.6 is 11.3 Å². The first kappa shape index (κ1) is 29.0. The Kier molecular flexibility index (Phi) is 9.81. The lowest BCUT2D eigenvalue weighted by molar-refractivity contribution is -0.193. The molecule has 15 heteroatoms. The predicted octanol–water partition coefficient (Wildman–Crippen LogP) is 3.76. The number of pyridine rings is 1. The summed E-state index contributed by atoms with van der Waals surface area (Å²) in [4.78, 5) is 39.1. The normalized spacial score (nSPS) is 19.4. The van der Waals surface area contributed by atoms with Crippen molar-refractivity contribution in [2.24, 2.45) is 5.92 Å². The number of thiophene rings is 1. The maximum Gasteiger partial charge on any atom is 0.490 e. The van der Waals surface area contributed by atoms with E-state index in [1.54, 1.807) is 11.3 Å². The lowest BCUT2D eigenvalue weighted by Gasteiger charge is -2.24. The summed E-state index contributed by atoms with van der Waals surface area (Å²) in [5.41, 5.74) is 2.14. The summed E-state index contributed by atoms with van der Waals surface area (Å²) >= 11 is 1.59. The molecule has 198 valence electrons. The highest BCUT2D eigenvalue weighted by molar-refractivity contribution is 7.08. The Labute approximate surface area is 204 Å². The molecule has 2 atom stereocenters. The Morgan fingerprint density at radius 1 is 0.972 bits per heavy atom. The van der Waals surface area contributed by atoms with Crippen LogP contribution in [0, 0.1) is 5.92 Å². The van der Waals surface area contributed by atoms with E-state index >= 15 is 0 Å². The number of hydrogen-bond acceptors (Lipinski definition) is 6. The largest absolute Gasteiger partial charge is 0.490 e. The Morgan fingerprint density at radius 2 is 1.53 bits per heavy atom. The summed E-state index contributed by atoms with van der Waals surface area (Å²) in [6.45, 7) is 3.95.